The van der Waals surface area contributed by atoms with E-state index in [4.69, 9.17) is 0 Å². The smallest absolute Gasteiger partial charge is 0.0581 e. The van der Waals surface area contributed by atoms with Crippen molar-refractivity contribution in [2.45, 2.75) is 26.8 Å². The maximum absolute atomic E-state index is 3.63. The minimum Gasteiger partial charge on any atom is -0.377 e. The summed E-state index contributed by atoms with van der Waals surface area (Å²) in [6.45, 7) is 6.47. The lowest BCUT2D eigenvalue weighted by Crippen LogP contribution is -2.06. The molecule has 17 heavy (non-hydrogen) atoms. The van der Waals surface area contributed by atoms with Crippen molar-refractivity contribution in [2.75, 3.05) is 5.32 Å². The molecule has 0 saturated heterocycles. The molecule has 0 amide bonds. The average Bonchev–Trinajstić information content (AvgIpc) is 2.71. The van der Waals surface area contributed by atoms with Crippen LogP contribution < -0.4 is 5.32 Å². The molecule has 0 bridgehead atoms. The van der Waals surface area contributed by atoms with Crippen LogP contribution in [0.25, 0.3) is 0 Å². The SMILES string of the molecule is Cc1ccsc1C(C)Nc1cccc(C)c1Br. The average molecular weight is 310 g/mol. The molecule has 0 aliphatic carbocycles. The fourth-order valence-corrected chi connectivity index (χ4v) is 3.20. The third-order valence-electron chi connectivity index (χ3n) is 2.86. The summed E-state index contributed by atoms with van der Waals surface area (Å²) < 4.78 is 1.15. The van der Waals surface area contributed by atoms with Crippen LogP contribution in [0.3, 0.4) is 0 Å². The van der Waals surface area contributed by atoms with E-state index < -0.39 is 0 Å². The second kappa shape index (κ2) is 5.23. The Morgan fingerprint density at radius 3 is 2.59 bits per heavy atom. The van der Waals surface area contributed by atoms with Gasteiger partial charge in [-0.05, 0) is 65.3 Å². The Morgan fingerprint density at radius 2 is 1.94 bits per heavy atom. The zero-order valence-electron chi connectivity index (χ0n) is 10.3. The molecule has 0 radical (unpaired) electrons. The van der Waals surface area contributed by atoms with E-state index in [1.54, 1.807) is 0 Å². The molecule has 2 rings (SSSR count). The second-order valence-electron chi connectivity index (χ2n) is 4.27. The Balaban J connectivity index is 2.22. The lowest BCUT2D eigenvalue weighted by atomic mass is 10.1. The maximum atomic E-state index is 3.63. The van der Waals surface area contributed by atoms with Gasteiger partial charge in [0.15, 0.2) is 0 Å². The highest BCUT2D eigenvalue weighted by Crippen LogP contribution is 2.31. The summed E-state index contributed by atoms with van der Waals surface area (Å²) in [5, 5.41) is 5.70. The van der Waals surface area contributed by atoms with E-state index in [0.29, 0.717) is 6.04 Å². The molecule has 1 aromatic carbocycles. The van der Waals surface area contributed by atoms with Gasteiger partial charge in [-0.1, -0.05) is 12.1 Å². The van der Waals surface area contributed by atoms with E-state index in [1.807, 2.05) is 11.3 Å². The van der Waals surface area contributed by atoms with Gasteiger partial charge in [0, 0.05) is 15.0 Å². The molecule has 90 valence electrons. The summed E-state index contributed by atoms with van der Waals surface area (Å²) in [6, 6.07) is 8.81. The predicted molar refractivity (Wildman–Crippen MR) is 80.0 cm³/mol. The van der Waals surface area contributed by atoms with Crippen molar-refractivity contribution in [3.05, 3.63) is 50.1 Å². The number of benzene rings is 1. The lowest BCUT2D eigenvalue weighted by Gasteiger charge is -2.17. The van der Waals surface area contributed by atoms with Crippen LogP contribution in [0, 0.1) is 13.8 Å². The van der Waals surface area contributed by atoms with Crippen molar-refractivity contribution in [2.24, 2.45) is 0 Å². The molecule has 1 atom stereocenters. The number of halogens is 1. The monoisotopic (exact) mass is 309 g/mol. The van der Waals surface area contributed by atoms with Crippen LogP contribution in [-0.2, 0) is 0 Å². The number of thiophene rings is 1. The molecule has 0 aliphatic heterocycles. The zero-order valence-corrected chi connectivity index (χ0v) is 12.7. The first-order valence-electron chi connectivity index (χ1n) is 5.65. The van der Waals surface area contributed by atoms with E-state index >= 15 is 0 Å². The number of hydrogen-bond acceptors (Lipinski definition) is 2. The van der Waals surface area contributed by atoms with Crippen molar-refractivity contribution in [1.82, 2.24) is 0 Å². The standard InChI is InChI=1S/C14H16BrNS/c1-9-5-4-6-12(13(9)15)16-11(3)14-10(2)7-8-17-14/h4-8,11,16H,1-3H3. The van der Waals surface area contributed by atoms with Crippen molar-refractivity contribution in [3.63, 3.8) is 0 Å². The summed E-state index contributed by atoms with van der Waals surface area (Å²) >= 11 is 5.44. The molecular weight excluding hydrogens is 294 g/mol. The Bertz CT molecular complexity index is 519. The van der Waals surface area contributed by atoms with Crippen molar-refractivity contribution < 1.29 is 0 Å². The van der Waals surface area contributed by atoms with E-state index in [0.717, 1.165) is 10.2 Å². The molecule has 1 nitrogen and oxygen atoms in total. The molecular formula is C14H16BrNS. The zero-order chi connectivity index (χ0) is 12.4. The fraction of sp³-hybridized carbons (Fsp3) is 0.286. The van der Waals surface area contributed by atoms with Gasteiger partial charge >= 0.3 is 0 Å². The molecule has 0 saturated carbocycles. The predicted octanol–water partition coefficient (Wildman–Crippen LogP) is 5.30. The first-order chi connectivity index (χ1) is 8.09. The van der Waals surface area contributed by atoms with Gasteiger partial charge < -0.3 is 5.32 Å². The van der Waals surface area contributed by atoms with Crippen LogP contribution in [0.4, 0.5) is 5.69 Å². The fourth-order valence-electron chi connectivity index (χ4n) is 1.89. The minimum atomic E-state index is 0.341. The van der Waals surface area contributed by atoms with Gasteiger partial charge in [-0.15, -0.1) is 11.3 Å². The first kappa shape index (κ1) is 12.7. The van der Waals surface area contributed by atoms with E-state index in [9.17, 15) is 0 Å². The summed E-state index contributed by atoms with van der Waals surface area (Å²) in [5.41, 5.74) is 3.77. The maximum Gasteiger partial charge on any atom is 0.0581 e. The van der Waals surface area contributed by atoms with Crippen LogP contribution in [-0.4, -0.2) is 0 Å². The molecule has 0 fully saturated rings. The lowest BCUT2D eigenvalue weighted by molar-refractivity contribution is 0.897. The highest BCUT2D eigenvalue weighted by Gasteiger charge is 2.11. The molecule has 1 unspecified atom stereocenters. The van der Waals surface area contributed by atoms with Crippen molar-refractivity contribution in [1.29, 1.82) is 0 Å². The topological polar surface area (TPSA) is 12.0 Å². The quantitative estimate of drug-likeness (QED) is 0.811. The van der Waals surface area contributed by atoms with Gasteiger partial charge in [-0.25, -0.2) is 0 Å². The van der Waals surface area contributed by atoms with Gasteiger partial charge in [0.1, 0.15) is 0 Å². The second-order valence-corrected chi connectivity index (χ2v) is 6.01. The highest BCUT2D eigenvalue weighted by molar-refractivity contribution is 9.10. The number of anilines is 1. The molecule has 0 spiro atoms. The van der Waals surface area contributed by atoms with E-state index in [1.165, 1.54) is 16.0 Å². The third kappa shape index (κ3) is 2.72. The largest absolute Gasteiger partial charge is 0.377 e. The van der Waals surface area contributed by atoms with E-state index in [-0.39, 0.29) is 0 Å². The highest BCUT2D eigenvalue weighted by atomic mass is 79.9. The van der Waals surface area contributed by atoms with E-state index in [2.05, 4.69) is 71.7 Å². The molecule has 1 aromatic heterocycles. The van der Waals surface area contributed by atoms with Crippen LogP contribution in [0.2, 0.25) is 0 Å². The summed E-state index contributed by atoms with van der Waals surface area (Å²) in [6.07, 6.45) is 0. The summed E-state index contributed by atoms with van der Waals surface area (Å²) in [7, 11) is 0. The van der Waals surface area contributed by atoms with Crippen LogP contribution in [0.1, 0.15) is 29.0 Å². The van der Waals surface area contributed by atoms with Gasteiger partial charge in [0.25, 0.3) is 0 Å². The van der Waals surface area contributed by atoms with Gasteiger partial charge in [0.05, 0.1) is 6.04 Å². The van der Waals surface area contributed by atoms with Crippen LogP contribution in [0.15, 0.2) is 34.1 Å². The van der Waals surface area contributed by atoms with Gasteiger partial charge in [-0.3, -0.25) is 0 Å². The minimum absolute atomic E-state index is 0.341. The summed E-state index contributed by atoms with van der Waals surface area (Å²) in [5.74, 6) is 0. The van der Waals surface area contributed by atoms with Crippen molar-refractivity contribution >= 4 is 33.0 Å². The van der Waals surface area contributed by atoms with Crippen LogP contribution in [0.5, 0.6) is 0 Å². The number of nitrogens with one attached hydrogen (secondary N) is 1. The van der Waals surface area contributed by atoms with Crippen LogP contribution >= 0.6 is 27.3 Å². The third-order valence-corrected chi connectivity index (χ3v) is 5.11. The van der Waals surface area contributed by atoms with Gasteiger partial charge in [-0.2, -0.15) is 0 Å². The Labute approximate surface area is 115 Å². The Kier molecular flexibility index (Phi) is 3.89. The van der Waals surface area contributed by atoms with Crippen molar-refractivity contribution in [3.8, 4) is 0 Å². The molecule has 0 aliphatic rings. The number of aryl methyl sites for hydroxylation is 2. The summed E-state index contributed by atoms with van der Waals surface area (Å²) in [4.78, 5) is 1.40. The first-order valence-corrected chi connectivity index (χ1v) is 7.32. The Hall–Kier alpha value is -0.800. The number of hydrogen-bond donors (Lipinski definition) is 1. The van der Waals surface area contributed by atoms with Gasteiger partial charge in [0.2, 0.25) is 0 Å². The Morgan fingerprint density at radius 1 is 1.18 bits per heavy atom. The molecule has 1 heterocycles. The molecule has 2 aromatic rings. The normalized spacial score (nSPS) is 12.5. The number of rotatable bonds is 3. The molecule has 3 heteroatoms. The molecule has 1 N–H and O–H groups in total.